The molecule has 1 unspecified atom stereocenters. The van der Waals surface area contributed by atoms with Crippen molar-refractivity contribution in [2.75, 3.05) is 30.8 Å². The van der Waals surface area contributed by atoms with E-state index in [1.807, 2.05) is 39.8 Å². The smallest absolute Gasteiger partial charge is 0.407 e. The topological polar surface area (TPSA) is 109 Å². The molecule has 0 bridgehead atoms. The molecule has 1 fully saturated rings. The number of hydrogen-bond donors (Lipinski definition) is 3. The van der Waals surface area contributed by atoms with E-state index in [9.17, 15) is 14.4 Å². The van der Waals surface area contributed by atoms with Crippen LogP contribution in [0.3, 0.4) is 0 Å². The first kappa shape index (κ1) is 27.0. The fourth-order valence-corrected chi connectivity index (χ4v) is 3.97. The van der Waals surface area contributed by atoms with Crippen molar-refractivity contribution >= 4 is 29.3 Å². The molecule has 9 heteroatoms. The van der Waals surface area contributed by atoms with Crippen molar-refractivity contribution in [1.82, 2.24) is 10.2 Å². The molecule has 0 saturated carbocycles. The fraction of sp³-hybridized carbons (Fsp3) is 0.444. The van der Waals surface area contributed by atoms with Gasteiger partial charge in [0.15, 0.2) is 0 Å². The van der Waals surface area contributed by atoms with Gasteiger partial charge in [-0.15, -0.1) is 0 Å². The van der Waals surface area contributed by atoms with Crippen LogP contribution in [-0.4, -0.2) is 60.7 Å². The number of nitrogens with zero attached hydrogens (tertiary/aromatic N) is 1. The van der Waals surface area contributed by atoms with Crippen molar-refractivity contribution in [1.29, 1.82) is 0 Å². The predicted molar refractivity (Wildman–Crippen MR) is 139 cm³/mol. The summed E-state index contributed by atoms with van der Waals surface area (Å²) in [5.74, 6) is 0.182. The average molecular weight is 497 g/mol. The maximum atomic E-state index is 12.8. The van der Waals surface area contributed by atoms with Crippen LogP contribution in [0.15, 0.2) is 48.5 Å². The van der Waals surface area contributed by atoms with E-state index in [1.54, 1.807) is 43.5 Å². The number of para-hydroxylation sites is 2. The Bertz CT molecular complexity index is 1060. The van der Waals surface area contributed by atoms with Gasteiger partial charge in [-0.3, -0.25) is 14.5 Å². The normalized spacial score (nSPS) is 15.5. The van der Waals surface area contributed by atoms with E-state index < -0.39 is 11.7 Å². The van der Waals surface area contributed by atoms with Gasteiger partial charge in [0.1, 0.15) is 11.4 Å². The van der Waals surface area contributed by atoms with Crippen molar-refractivity contribution in [3.63, 3.8) is 0 Å². The monoisotopic (exact) mass is 496 g/mol. The van der Waals surface area contributed by atoms with Gasteiger partial charge in [0.25, 0.3) is 5.91 Å². The number of benzene rings is 2. The first-order valence-corrected chi connectivity index (χ1v) is 12.1. The number of carbonyl (C=O) groups excluding carboxylic acids is 3. The Labute approximate surface area is 212 Å². The van der Waals surface area contributed by atoms with Crippen molar-refractivity contribution in [2.45, 2.75) is 58.2 Å². The number of likely N-dealkylation sites (tertiary alicyclic amines) is 1. The molecule has 2 aromatic carbocycles. The standard InChI is InChI=1S/C27H36N4O5/c1-18(31-16-14-21(15-17-31)29-26(34)36-27(2,3)4)24(32)28-20-12-10-19(11-13-20)25(33)30-22-8-6-7-9-23(22)35-5/h6-13,18,21H,14-17H2,1-5H3,(H,28,32)(H,29,34)(H,30,33). The SMILES string of the molecule is COc1ccccc1NC(=O)c1ccc(NC(=O)C(C)N2CCC(NC(=O)OC(C)(C)C)CC2)cc1. The maximum Gasteiger partial charge on any atom is 0.407 e. The zero-order valence-corrected chi connectivity index (χ0v) is 21.6. The molecule has 0 aromatic heterocycles. The Morgan fingerprint density at radius 2 is 1.61 bits per heavy atom. The van der Waals surface area contributed by atoms with Gasteiger partial charge in [-0.05, 0) is 76.9 Å². The minimum Gasteiger partial charge on any atom is -0.495 e. The second kappa shape index (κ2) is 11.9. The number of carbonyl (C=O) groups is 3. The van der Waals surface area contributed by atoms with Crippen LogP contribution >= 0.6 is 0 Å². The number of alkyl carbamates (subject to hydrolysis) is 1. The van der Waals surface area contributed by atoms with Crippen LogP contribution in [0, 0.1) is 0 Å². The third kappa shape index (κ3) is 7.71. The van der Waals surface area contributed by atoms with Crippen molar-refractivity contribution < 1.29 is 23.9 Å². The third-order valence-corrected chi connectivity index (χ3v) is 5.95. The molecule has 0 radical (unpaired) electrons. The highest BCUT2D eigenvalue weighted by Gasteiger charge is 2.28. The molecule has 3 amide bonds. The number of amides is 3. The molecule has 1 aliphatic rings. The molecular formula is C27H36N4O5. The number of nitrogens with one attached hydrogen (secondary N) is 3. The zero-order chi connectivity index (χ0) is 26.3. The number of rotatable bonds is 7. The minimum atomic E-state index is -0.533. The van der Waals surface area contributed by atoms with Crippen LogP contribution in [-0.2, 0) is 9.53 Å². The number of piperidine rings is 1. The lowest BCUT2D eigenvalue weighted by Gasteiger charge is -2.35. The Kier molecular flexibility index (Phi) is 8.93. The highest BCUT2D eigenvalue weighted by molar-refractivity contribution is 6.05. The van der Waals surface area contributed by atoms with Gasteiger partial charge in [0, 0.05) is 30.4 Å². The van der Waals surface area contributed by atoms with Crippen molar-refractivity contribution in [2.24, 2.45) is 0 Å². The summed E-state index contributed by atoms with van der Waals surface area (Å²) in [6, 6.07) is 13.6. The summed E-state index contributed by atoms with van der Waals surface area (Å²) < 4.78 is 10.6. The average Bonchev–Trinajstić information content (AvgIpc) is 2.83. The van der Waals surface area contributed by atoms with Crippen molar-refractivity contribution in [3.05, 3.63) is 54.1 Å². The van der Waals surface area contributed by atoms with Gasteiger partial charge >= 0.3 is 6.09 Å². The molecule has 36 heavy (non-hydrogen) atoms. The van der Waals surface area contributed by atoms with Crippen LogP contribution in [0.1, 0.15) is 50.9 Å². The fourth-order valence-electron chi connectivity index (χ4n) is 3.97. The summed E-state index contributed by atoms with van der Waals surface area (Å²) in [4.78, 5) is 39.5. The first-order chi connectivity index (χ1) is 17.1. The van der Waals surface area contributed by atoms with Gasteiger partial charge in [-0.1, -0.05) is 12.1 Å². The van der Waals surface area contributed by atoms with Crippen molar-refractivity contribution in [3.8, 4) is 5.75 Å². The van der Waals surface area contributed by atoms with Crippen LogP contribution in [0.5, 0.6) is 5.75 Å². The lowest BCUT2D eigenvalue weighted by atomic mass is 10.0. The summed E-state index contributed by atoms with van der Waals surface area (Å²) in [6.45, 7) is 8.75. The Hall–Kier alpha value is -3.59. The van der Waals surface area contributed by atoms with Gasteiger partial charge in [-0.2, -0.15) is 0 Å². The lowest BCUT2D eigenvalue weighted by Crippen LogP contribution is -2.51. The quantitative estimate of drug-likeness (QED) is 0.528. The lowest BCUT2D eigenvalue weighted by molar-refractivity contribution is -0.121. The summed E-state index contributed by atoms with van der Waals surface area (Å²) in [7, 11) is 1.55. The molecule has 2 aromatic rings. The van der Waals surface area contributed by atoms with Gasteiger partial charge < -0.3 is 25.4 Å². The third-order valence-electron chi connectivity index (χ3n) is 5.95. The van der Waals surface area contributed by atoms with E-state index in [4.69, 9.17) is 9.47 Å². The Morgan fingerprint density at radius 1 is 0.972 bits per heavy atom. The number of ether oxygens (including phenoxy) is 2. The maximum absolute atomic E-state index is 12.8. The zero-order valence-electron chi connectivity index (χ0n) is 21.6. The van der Waals surface area contributed by atoms with Gasteiger partial charge in [0.2, 0.25) is 5.91 Å². The van der Waals surface area contributed by atoms with Gasteiger partial charge in [-0.25, -0.2) is 4.79 Å². The molecule has 194 valence electrons. The van der Waals surface area contributed by atoms with Crippen LogP contribution in [0.25, 0.3) is 0 Å². The largest absolute Gasteiger partial charge is 0.495 e. The molecule has 1 atom stereocenters. The Morgan fingerprint density at radius 3 is 2.22 bits per heavy atom. The molecule has 9 nitrogen and oxygen atoms in total. The summed E-state index contributed by atoms with van der Waals surface area (Å²) in [6.07, 6.45) is 1.08. The Balaban J connectivity index is 1.48. The van der Waals surface area contributed by atoms with E-state index >= 15 is 0 Å². The molecule has 0 aliphatic carbocycles. The second-order valence-electron chi connectivity index (χ2n) is 9.85. The van der Waals surface area contributed by atoms with Crippen LogP contribution < -0.4 is 20.7 Å². The summed E-state index contributed by atoms with van der Waals surface area (Å²) >= 11 is 0. The van der Waals surface area contributed by atoms with E-state index in [0.717, 1.165) is 12.8 Å². The van der Waals surface area contributed by atoms with E-state index in [1.165, 1.54) is 0 Å². The van der Waals surface area contributed by atoms with Crippen LogP contribution in [0.2, 0.25) is 0 Å². The highest BCUT2D eigenvalue weighted by atomic mass is 16.6. The molecule has 0 spiro atoms. The molecule has 1 saturated heterocycles. The molecule has 1 aliphatic heterocycles. The van der Waals surface area contributed by atoms with E-state index in [2.05, 4.69) is 20.9 Å². The second-order valence-corrected chi connectivity index (χ2v) is 9.85. The van der Waals surface area contributed by atoms with E-state index in [0.29, 0.717) is 35.8 Å². The first-order valence-electron chi connectivity index (χ1n) is 12.1. The number of anilines is 2. The minimum absolute atomic E-state index is 0.0286. The number of hydrogen-bond acceptors (Lipinski definition) is 6. The highest BCUT2D eigenvalue weighted by Crippen LogP contribution is 2.24. The van der Waals surface area contributed by atoms with E-state index in [-0.39, 0.29) is 23.9 Å². The molecule has 1 heterocycles. The van der Waals surface area contributed by atoms with Gasteiger partial charge in [0.05, 0.1) is 18.8 Å². The van der Waals surface area contributed by atoms with Crippen LogP contribution in [0.4, 0.5) is 16.2 Å². The predicted octanol–water partition coefficient (Wildman–Crippen LogP) is 4.26. The number of methoxy groups -OCH3 is 1. The molecule has 3 rings (SSSR count). The summed E-state index contributed by atoms with van der Waals surface area (Å²) in [5, 5.41) is 8.67. The molecule has 3 N–H and O–H groups in total. The summed E-state index contributed by atoms with van der Waals surface area (Å²) in [5.41, 5.74) is 1.13. The molecular weight excluding hydrogens is 460 g/mol.